The molecule has 0 aromatic carbocycles. The van der Waals surface area contributed by atoms with E-state index in [1.54, 1.807) is 6.07 Å². The Kier molecular flexibility index (Phi) is 3.46. The van der Waals surface area contributed by atoms with Crippen LogP contribution in [0.25, 0.3) is 5.65 Å². The fourth-order valence-electron chi connectivity index (χ4n) is 2.47. The summed E-state index contributed by atoms with van der Waals surface area (Å²) in [5.41, 5.74) is 2.40. The number of aromatic nitrogens is 2. The van der Waals surface area contributed by atoms with Crippen LogP contribution in [0.15, 0.2) is 24.4 Å². The fourth-order valence-corrected chi connectivity index (χ4v) is 3.76. The van der Waals surface area contributed by atoms with Crippen molar-refractivity contribution in [3.63, 3.8) is 0 Å². The van der Waals surface area contributed by atoms with Gasteiger partial charge in [-0.25, -0.2) is 9.78 Å². The number of hydrogen-bond donors (Lipinski definition) is 0. The van der Waals surface area contributed by atoms with Crippen molar-refractivity contribution >= 4 is 23.4 Å². The Bertz CT molecular complexity index is 603. The first-order chi connectivity index (χ1) is 9.28. The number of imidazole rings is 1. The molecule has 3 heterocycles. The predicted molar refractivity (Wildman–Crippen MR) is 75.7 cm³/mol. The molecule has 4 nitrogen and oxygen atoms in total. The van der Waals surface area contributed by atoms with Gasteiger partial charge in [0.05, 0.1) is 12.8 Å². The molecule has 0 N–H and O–H groups in total. The summed E-state index contributed by atoms with van der Waals surface area (Å²) >= 11 is 2.01. The van der Waals surface area contributed by atoms with E-state index in [4.69, 9.17) is 4.74 Å². The smallest absolute Gasteiger partial charge is 0.355 e. The zero-order valence-corrected chi connectivity index (χ0v) is 11.7. The van der Waals surface area contributed by atoms with Crippen LogP contribution in [0.1, 0.15) is 22.6 Å². The van der Waals surface area contributed by atoms with E-state index in [1.165, 1.54) is 25.0 Å². The van der Waals surface area contributed by atoms with Crippen LogP contribution in [0, 0.1) is 5.92 Å². The Labute approximate surface area is 116 Å². The Hall–Kier alpha value is -1.49. The van der Waals surface area contributed by atoms with E-state index >= 15 is 0 Å². The number of ether oxygens (including phenoxy) is 1. The predicted octanol–water partition coefficient (Wildman–Crippen LogP) is 2.42. The highest BCUT2D eigenvalue weighted by molar-refractivity contribution is 7.99. The monoisotopic (exact) mass is 276 g/mol. The van der Waals surface area contributed by atoms with Crippen LogP contribution >= 0.6 is 11.8 Å². The largest absolute Gasteiger partial charge is 0.464 e. The number of methoxy groups -OCH3 is 1. The normalized spacial score (nSPS) is 18.9. The molecule has 1 aliphatic heterocycles. The second-order valence-electron chi connectivity index (χ2n) is 4.80. The average molecular weight is 276 g/mol. The first-order valence-corrected chi connectivity index (χ1v) is 7.56. The molecule has 1 unspecified atom stereocenters. The first-order valence-electron chi connectivity index (χ1n) is 6.41. The second kappa shape index (κ2) is 5.25. The topological polar surface area (TPSA) is 43.6 Å². The van der Waals surface area contributed by atoms with E-state index in [2.05, 4.69) is 4.98 Å². The molecule has 0 aliphatic carbocycles. The molecule has 0 amide bonds. The summed E-state index contributed by atoms with van der Waals surface area (Å²) in [5.74, 6) is 2.87. The third-order valence-corrected chi connectivity index (χ3v) is 4.69. The van der Waals surface area contributed by atoms with Gasteiger partial charge in [-0.15, -0.1) is 0 Å². The fraction of sp³-hybridized carbons (Fsp3) is 0.429. The maximum atomic E-state index is 11.7. The van der Waals surface area contributed by atoms with Gasteiger partial charge in [0.1, 0.15) is 11.3 Å². The van der Waals surface area contributed by atoms with E-state index in [0.29, 0.717) is 5.69 Å². The van der Waals surface area contributed by atoms with Crippen LogP contribution in [0.3, 0.4) is 0 Å². The first kappa shape index (κ1) is 12.5. The molecule has 0 saturated carbocycles. The zero-order valence-electron chi connectivity index (χ0n) is 10.8. The number of hydrogen-bond acceptors (Lipinski definition) is 4. The minimum Gasteiger partial charge on any atom is -0.464 e. The maximum Gasteiger partial charge on any atom is 0.355 e. The van der Waals surface area contributed by atoms with Gasteiger partial charge in [-0.2, -0.15) is 11.8 Å². The minimum absolute atomic E-state index is 0.328. The molecule has 2 aromatic rings. The van der Waals surface area contributed by atoms with E-state index in [1.807, 2.05) is 34.5 Å². The highest BCUT2D eigenvalue weighted by Crippen LogP contribution is 2.26. The van der Waals surface area contributed by atoms with Crippen molar-refractivity contribution in [1.82, 2.24) is 9.38 Å². The van der Waals surface area contributed by atoms with Crippen molar-refractivity contribution in [2.75, 3.05) is 18.6 Å². The lowest BCUT2D eigenvalue weighted by Gasteiger charge is -2.03. The Balaban J connectivity index is 1.93. The van der Waals surface area contributed by atoms with Crippen LogP contribution < -0.4 is 0 Å². The maximum absolute atomic E-state index is 11.7. The Morgan fingerprint density at radius 2 is 2.47 bits per heavy atom. The highest BCUT2D eigenvalue weighted by atomic mass is 32.2. The Morgan fingerprint density at radius 3 is 3.21 bits per heavy atom. The number of fused-ring (bicyclic) bond motifs is 1. The van der Waals surface area contributed by atoms with Crippen molar-refractivity contribution in [2.24, 2.45) is 5.92 Å². The molecule has 1 atom stereocenters. The quantitative estimate of drug-likeness (QED) is 0.808. The summed E-state index contributed by atoms with van der Waals surface area (Å²) in [5, 5.41) is 0. The van der Waals surface area contributed by atoms with Crippen molar-refractivity contribution in [2.45, 2.75) is 12.8 Å². The van der Waals surface area contributed by atoms with Gasteiger partial charge in [0.2, 0.25) is 0 Å². The van der Waals surface area contributed by atoms with Crippen molar-refractivity contribution in [3.05, 3.63) is 35.8 Å². The number of rotatable bonds is 3. The van der Waals surface area contributed by atoms with Gasteiger partial charge in [0.15, 0.2) is 0 Å². The van der Waals surface area contributed by atoms with Crippen LogP contribution in [0.2, 0.25) is 0 Å². The second-order valence-corrected chi connectivity index (χ2v) is 5.95. The molecule has 3 rings (SSSR count). The standard InChI is InChI=1S/C14H16N2O2S/c1-18-14(17)12-3-2-4-13-15-11(8-16(12)13)7-10-5-6-19-9-10/h2-4,8,10H,5-7,9H2,1H3. The van der Waals surface area contributed by atoms with Gasteiger partial charge in [-0.3, -0.25) is 4.40 Å². The Morgan fingerprint density at radius 1 is 1.58 bits per heavy atom. The zero-order chi connectivity index (χ0) is 13.2. The van der Waals surface area contributed by atoms with E-state index in [0.717, 1.165) is 23.7 Å². The summed E-state index contributed by atoms with van der Waals surface area (Å²) < 4.78 is 6.62. The van der Waals surface area contributed by atoms with Crippen LogP contribution in [0.5, 0.6) is 0 Å². The lowest BCUT2D eigenvalue weighted by Crippen LogP contribution is -2.07. The molecule has 0 spiro atoms. The summed E-state index contributed by atoms with van der Waals surface area (Å²) in [6.45, 7) is 0. The number of carbonyl (C=O) groups is 1. The molecule has 0 radical (unpaired) electrons. The van der Waals surface area contributed by atoms with Gasteiger partial charge in [0, 0.05) is 6.20 Å². The molecular formula is C14H16N2O2S. The summed E-state index contributed by atoms with van der Waals surface area (Å²) in [7, 11) is 1.40. The molecule has 0 bridgehead atoms. The van der Waals surface area contributed by atoms with Gasteiger partial charge in [0.25, 0.3) is 0 Å². The summed E-state index contributed by atoms with van der Waals surface area (Å²) in [4.78, 5) is 16.3. The van der Waals surface area contributed by atoms with E-state index in [9.17, 15) is 4.79 Å². The van der Waals surface area contributed by atoms with Crippen molar-refractivity contribution < 1.29 is 9.53 Å². The number of carbonyl (C=O) groups excluding carboxylic acids is 1. The van der Waals surface area contributed by atoms with Crippen molar-refractivity contribution in [3.8, 4) is 0 Å². The van der Waals surface area contributed by atoms with Crippen molar-refractivity contribution in [1.29, 1.82) is 0 Å². The van der Waals surface area contributed by atoms with Gasteiger partial charge < -0.3 is 4.74 Å². The summed E-state index contributed by atoms with van der Waals surface area (Å²) in [6, 6.07) is 5.51. The van der Waals surface area contributed by atoms with Crippen LogP contribution in [0.4, 0.5) is 0 Å². The molecule has 19 heavy (non-hydrogen) atoms. The number of thioether (sulfide) groups is 1. The third-order valence-electron chi connectivity index (χ3n) is 3.46. The molecule has 1 aliphatic rings. The van der Waals surface area contributed by atoms with Gasteiger partial charge in [-0.05, 0) is 42.4 Å². The van der Waals surface area contributed by atoms with Crippen LogP contribution in [-0.2, 0) is 11.2 Å². The number of nitrogens with zero attached hydrogens (tertiary/aromatic N) is 2. The molecule has 2 aromatic heterocycles. The number of pyridine rings is 1. The van der Waals surface area contributed by atoms with E-state index < -0.39 is 0 Å². The average Bonchev–Trinajstić information content (AvgIpc) is 3.06. The molecule has 5 heteroatoms. The summed E-state index contributed by atoms with van der Waals surface area (Å²) in [6.07, 6.45) is 4.22. The van der Waals surface area contributed by atoms with E-state index in [-0.39, 0.29) is 5.97 Å². The third kappa shape index (κ3) is 2.47. The van der Waals surface area contributed by atoms with Crippen LogP contribution in [-0.4, -0.2) is 34.0 Å². The molecule has 1 fully saturated rings. The minimum atomic E-state index is -0.328. The SMILES string of the molecule is COC(=O)c1cccc2nc(CC3CCSC3)cn12. The highest BCUT2D eigenvalue weighted by Gasteiger charge is 2.18. The molecular weight excluding hydrogens is 260 g/mol. The van der Waals surface area contributed by atoms with Gasteiger partial charge in [-0.1, -0.05) is 6.07 Å². The molecule has 100 valence electrons. The molecule has 1 saturated heterocycles. The van der Waals surface area contributed by atoms with Gasteiger partial charge >= 0.3 is 5.97 Å². The lowest BCUT2D eigenvalue weighted by molar-refractivity contribution is 0.0592. The lowest BCUT2D eigenvalue weighted by atomic mass is 10.0. The number of esters is 1.